The first-order valence-electron chi connectivity index (χ1n) is 6.34. The molecule has 5 heteroatoms. The zero-order valence-corrected chi connectivity index (χ0v) is 12.0. The van der Waals surface area contributed by atoms with E-state index >= 15 is 0 Å². The normalized spacial score (nSPS) is 21.8. The molecule has 1 fully saturated rings. The van der Waals surface area contributed by atoms with Gasteiger partial charge in [0.1, 0.15) is 0 Å². The minimum Gasteiger partial charge on any atom is -0.373 e. The molecule has 3 N–H and O–H groups in total. The zero-order valence-electron chi connectivity index (χ0n) is 11.1. The van der Waals surface area contributed by atoms with Crippen LogP contribution in [0.5, 0.6) is 0 Å². The molecule has 0 aromatic heterocycles. The Morgan fingerprint density at radius 1 is 1.42 bits per heavy atom. The Labute approximate surface area is 120 Å². The monoisotopic (exact) mass is 284 g/mol. The van der Waals surface area contributed by atoms with E-state index < -0.39 is 0 Å². The van der Waals surface area contributed by atoms with Crippen molar-refractivity contribution >= 4 is 18.3 Å². The molecule has 1 amide bonds. The number of halogens is 1. The van der Waals surface area contributed by atoms with Crippen LogP contribution >= 0.6 is 12.4 Å². The van der Waals surface area contributed by atoms with Gasteiger partial charge in [0.25, 0.3) is 5.91 Å². The van der Waals surface area contributed by atoms with E-state index in [4.69, 9.17) is 10.5 Å². The first kappa shape index (κ1) is 16.0. The van der Waals surface area contributed by atoms with Gasteiger partial charge >= 0.3 is 0 Å². The summed E-state index contributed by atoms with van der Waals surface area (Å²) in [4.78, 5) is 11.9. The standard InChI is InChI=1S/C14H20N2O2.ClH/c1-14(7-2-8-18-14)10-16-13(17)12-5-3-11(9-15)4-6-12;/h3-6H,2,7-10,15H2,1H3,(H,16,17);1H. The van der Waals surface area contributed by atoms with Crippen LogP contribution in [-0.2, 0) is 11.3 Å². The van der Waals surface area contributed by atoms with Crippen LogP contribution in [0.4, 0.5) is 0 Å². The summed E-state index contributed by atoms with van der Waals surface area (Å²) >= 11 is 0. The van der Waals surface area contributed by atoms with Gasteiger partial charge in [-0.1, -0.05) is 12.1 Å². The molecule has 0 spiro atoms. The summed E-state index contributed by atoms with van der Waals surface area (Å²) in [6.45, 7) is 3.88. The molecule has 106 valence electrons. The van der Waals surface area contributed by atoms with Gasteiger partial charge in [-0.25, -0.2) is 0 Å². The third-order valence-electron chi connectivity index (χ3n) is 3.38. The number of rotatable bonds is 4. The molecule has 0 aliphatic carbocycles. The number of carbonyl (C=O) groups is 1. The lowest BCUT2D eigenvalue weighted by Gasteiger charge is -2.23. The molecule has 1 aromatic carbocycles. The number of ether oxygens (including phenoxy) is 1. The van der Waals surface area contributed by atoms with Crippen LogP contribution in [0.25, 0.3) is 0 Å². The lowest BCUT2D eigenvalue weighted by Crippen LogP contribution is -2.40. The number of hydrogen-bond donors (Lipinski definition) is 2. The third kappa shape index (κ3) is 4.20. The number of benzene rings is 1. The SMILES string of the molecule is CC1(CNC(=O)c2ccc(CN)cc2)CCCO1.Cl. The number of carbonyl (C=O) groups excluding carboxylic acids is 1. The second-order valence-corrected chi connectivity index (χ2v) is 4.99. The molecule has 1 atom stereocenters. The first-order chi connectivity index (χ1) is 8.63. The highest BCUT2D eigenvalue weighted by molar-refractivity contribution is 5.94. The van der Waals surface area contributed by atoms with Gasteiger partial charge in [-0.2, -0.15) is 0 Å². The van der Waals surface area contributed by atoms with E-state index in [2.05, 4.69) is 5.32 Å². The van der Waals surface area contributed by atoms with E-state index in [1.165, 1.54) is 0 Å². The van der Waals surface area contributed by atoms with Gasteiger partial charge in [-0.05, 0) is 37.5 Å². The summed E-state index contributed by atoms with van der Waals surface area (Å²) < 4.78 is 5.63. The molecular weight excluding hydrogens is 264 g/mol. The maximum atomic E-state index is 11.9. The first-order valence-corrected chi connectivity index (χ1v) is 6.34. The molecule has 0 bridgehead atoms. The Bertz CT molecular complexity index is 414. The summed E-state index contributed by atoms with van der Waals surface area (Å²) in [5.41, 5.74) is 7.00. The smallest absolute Gasteiger partial charge is 0.251 e. The highest BCUT2D eigenvalue weighted by Crippen LogP contribution is 2.23. The number of hydrogen-bond acceptors (Lipinski definition) is 3. The fourth-order valence-corrected chi connectivity index (χ4v) is 2.14. The molecule has 2 rings (SSSR count). The van der Waals surface area contributed by atoms with Gasteiger partial charge in [0, 0.05) is 25.3 Å². The molecule has 1 saturated heterocycles. The van der Waals surface area contributed by atoms with Crippen molar-refractivity contribution in [2.75, 3.05) is 13.2 Å². The van der Waals surface area contributed by atoms with Crippen molar-refractivity contribution < 1.29 is 9.53 Å². The second kappa shape index (κ2) is 6.89. The maximum Gasteiger partial charge on any atom is 0.251 e. The maximum absolute atomic E-state index is 11.9. The van der Waals surface area contributed by atoms with Crippen LogP contribution in [0, 0.1) is 0 Å². The third-order valence-corrected chi connectivity index (χ3v) is 3.38. The van der Waals surface area contributed by atoms with E-state index in [0.29, 0.717) is 18.7 Å². The second-order valence-electron chi connectivity index (χ2n) is 4.99. The number of nitrogens with two attached hydrogens (primary N) is 1. The average Bonchev–Trinajstić information content (AvgIpc) is 2.83. The van der Waals surface area contributed by atoms with Crippen LogP contribution in [-0.4, -0.2) is 24.7 Å². The topological polar surface area (TPSA) is 64.4 Å². The largest absolute Gasteiger partial charge is 0.373 e. The van der Waals surface area contributed by atoms with Crippen LogP contribution in [0.2, 0.25) is 0 Å². The fourth-order valence-electron chi connectivity index (χ4n) is 2.14. The van der Waals surface area contributed by atoms with Gasteiger partial charge in [0.05, 0.1) is 5.60 Å². The fraction of sp³-hybridized carbons (Fsp3) is 0.500. The molecule has 1 aromatic rings. The van der Waals surface area contributed by atoms with Crippen molar-refractivity contribution in [3.63, 3.8) is 0 Å². The Kier molecular flexibility index (Phi) is 5.79. The molecule has 0 saturated carbocycles. The van der Waals surface area contributed by atoms with Crippen LogP contribution in [0.15, 0.2) is 24.3 Å². The molecule has 1 unspecified atom stereocenters. The van der Waals surface area contributed by atoms with Crippen molar-refractivity contribution in [2.45, 2.75) is 31.9 Å². The number of amides is 1. The predicted octanol–water partition coefficient (Wildman–Crippen LogP) is 1.87. The van der Waals surface area contributed by atoms with Gasteiger partial charge < -0.3 is 15.8 Å². The summed E-state index contributed by atoms with van der Waals surface area (Å²) in [6, 6.07) is 7.36. The minimum absolute atomic E-state index is 0. The molecular formula is C14H21ClN2O2. The van der Waals surface area contributed by atoms with E-state index in [1.54, 1.807) is 12.1 Å². The van der Waals surface area contributed by atoms with Crippen molar-refractivity contribution in [3.8, 4) is 0 Å². The van der Waals surface area contributed by atoms with E-state index in [-0.39, 0.29) is 23.9 Å². The molecule has 1 aliphatic heterocycles. The van der Waals surface area contributed by atoms with E-state index in [1.807, 2.05) is 19.1 Å². The van der Waals surface area contributed by atoms with Crippen molar-refractivity contribution in [2.24, 2.45) is 5.73 Å². The van der Waals surface area contributed by atoms with Gasteiger partial charge in [0.2, 0.25) is 0 Å². The highest BCUT2D eigenvalue weighted by Gasteiger charge is 2.30. The van der Waals surface area contributed by atoms with Gasteiger partial charge in [-0.3, -0.25) is 4.79 Å². The summed E-state index contributed by atoms with van der Waals surface area (Å²) in [5.74, 6) is -0.0599. The summed E-state index contributed by atoms with van der Waals surface area (Å²) in [5, 5.41) is 2.92. The van der Waals surface area contributed by atoms with E-state index in [0.717, 1.165) is 25.0 Å². The van der Waals surface area contributed by atoms with Crippen molar-refractivity contribution in [1.82, 2.24) is 5.32 Å². The summed E-state index contributed by atoms with van der Waals surface area (Å²) in [6.07, 6.45) is 2.07. The van der Waals surface area contributed by atoms with Crippen LogP contribution < -0.4 is 11.1 Å². The average molecular weight is 285 g/mol. The quantitative estimate of drug-likeness (QED) is 0.887. The van der Waals surface area contributed by atoms with Gasteiger partial charge in [-0.15, -0.1) is 12.4 Å². The zero-order chi connectivity index (χ0) is 13.0. The van der Waals surface area contributed by atoms with Crippen molar-refractivity contribution in [1.29, 1.82) is 0 Å². The molecule has 4 nitrogen and oxygen atoms in total. The lowest BCUT2D eigenvalue weighted by molar-refractivity contribution is 0.0206. The molecule has 1 heterocycles. The van der Waals surface area contributed by atoms with Crippen LogP contribution in [0.1, 0.15) is 35.7 Å². The Morgan fingerprint density at radius 3 is 2.63 bits per heavy atom. The Morgan fingerprint density at radius 2 is 2.11 bits per heavy atom. The lowest BCUT2D eigenvalue weighted by atomic mass is 10.0. The predicted molar refractivity (Wildman–Crippen MR) is 77.5 cm³/mol. The van der Waals surface area contributed by atoms with E-state index in [9.17, 15) is 4.79 Å². The summed E-state index contributed by atoms with van der Waals surface area (Å²) in [7, 11) is 0. The minimum atomic E-state index is -0.202. The Hall–Kier alpha value is -1.10. The highest BCUT2D eigenvalue weighted by atomic mass is 35.5. The van der Waals surface area contributed by atoms with Crippen LogP contribution in [0.3, 0.4) is 0 Å². The molecule has 19 heavy (non-hydrogen) atoms. The van der Waals surface area contributed by atoms with Gasteiger partial charge in [0.15, 0.2) is 0 Å². The molecule has 1 aliphatic rings. The Balaban J connectivity index is 0.00000180. The number of nitrogens with one attached hydrogen (secondary N) is 1. The van der Waals surface area contributed by atoms with Crippen molar-refractivity contribution in [3.05, 3.63) is 35.4 Å². The molecule has 0 radical (unpaired) electrons.